The van der Waals surface area contributed by atoms with E-state index < -0.39 is 0 Å². The summed E-state index contributed by atoms with van der Waals surface area (Å²) in [6.07, 6.45) is 0. The van der Waals surface area contributed by atoms with Gasteiger partial charge in [0.05, 0.1) is 12.7 Å². The summed E-state index contributed by atoms with van der Waals surface area (Å²) in [5.74, 6) is 0.499. The smallest absolute Gasteiger partial charge is 0.257 e. The fraction of sp³-hybridized carbons (Fsp3) is 0.188. The van der Waals surface area contributed by atoms with Gasteiger partial charge in [-0.2, -0.15) is 0 Å². The SMILES string of the molecule is COc1cc(Br)ccc1C(=O)N(C)Cc1ccc(Br)cc1. The van der Waals surface area contributed by atoms with Crippen molar-refractivity contribution >= 4 is 37.8 Å². The molecule has 0 radical (unpaired) electrons. The minimum Gasteiger partial charge on any atom is -0.496 e. The lowest BCUT2D eigenvalue weighted by Crippen LogP contribution is -2.26. The quantitative estimate of drug-likeness (QED) is 0.740. The Bertz CT molecular complexity index is 641. The maximum atomic E-state index is 12.5. The minimum absolute atomic E-state index is 0.0673. The maximum absolute atomic E-state index is 12.5. The van der Waals surface area contributed by atoms with Gasteiger partial charge in [-0.3, -0.25) is 4.79 Å². The second-order valence-corrected chi connectivity index (χ2v) is 6.46. The zero-order valence-electron chi connectivity index (χ0n) is 11.8. The van der Waals surface area contributed by atoms with E-state index in [-0.39, 0.29) is 5.91 Å². The van der Waals surface area contributed by atoms with Gasteiger partial charge in [-0.15, -0.1) is 0 Å². The van der Waals surface area contributed by atoms with E-state index >= 15 is 0 Å². The van der Waals surface area contributed by atoms with Crippen LogP contribution in [0.1, 0.15) is 15.9 Å². The number of hydrogen-bond acceptors (Lipinski definition) is 2. The molecule has 2 aromatic rings. The normalized spacial score (nSPS) is 10.3. The fourth-order valence-electron chi connectivity index (χ4n) is 1.98. The molecular weight excluding hydrogens is 398 g/mol. The largest absolute Gasteiger partial charge is 0.496 e. The van der Waals surface area contributed by atoms with E-state index in [2.05, 4.69) is 31.9 Å². The van der Waals surface area contributed by atoms with Crippen LogP contribution in [-0.2, 0) is 6.54 Å². The highest BCUT2D eigenvalue weighted by atomic mass is 79.9. The predicted molar refractivity (Wildman–Crippen MR) is 90.6 cm³/mol. The van der Waals surface area contributed by atoms with Gasteiger partial charge in [0, 0.05) is 22.5 Å². The summed E-state index contributed by atoms with van der Waals surface area (Å²) in [6, 6.07) is 13.3. The van der Waals surface area contributed by atoms with Crippen molar-refractivity contribution < 1.29 is 9.53 Å². The number of benzene rings is 2. The lowest BCUT2D eigenvalue weighted by Gasteiger charge is -2.19. The molecule has 0 aliphatic rings. The Hall–Kier alpha value is -1.33. The average Bonchev–Trinajstić information content (AvgIpc) is 2.48. The summed E-state index contributed by atoms with van der Waals surface area (Å²) in [5, 5.41) is 0. The first-order chi connectivity index (χ1) is 10.0. The van der Waals surface area contributed by atoms with Crippen LogP contribution in [0.3, 0.4) is 0 Å². The molecule has 110 valence electrons. The number of nitrogens with zero attached hydrogens (tertiary/aromatic N) is 1. The molecule has 1 amide bonds. The Morgan fingerprint density at radius 3 is 2.33 bits per heavy atom. The Kier molecular flexibility index (Phi) is 5.42. The lowest BCUT2D eigenvalue weighted by molar-refractivity contribution is 0.0781. The predicted octanol–water partition coefficient (Wildman–Crippen LogP) is 4.49. The second-order valence-electron chi connectivity index (χ2n) is 4.63. The fourth-order valence-corrected chi connectivity index (χ4v) is 2.59. The first kappa shape index (κ1) is 16.0. The summed E-state index contributed by atoms with van der Waals surface area (Å²) in [6.45, 7) is 0.547. The van der Waals surface area contributed by atoms with Crippen molar-refractivity contribution in [3.63, 3.8) is 0 Å². The van der Waals surface area contributed by atoms with Crippen LogP contribution in [0.4, 0.5) is 0 Å². The van der Waals surface area contributed by atoms with Gasteiger partial charge in [-0.05, 0) is 35.9 Å². The molecule has 0 aromatic heterocycles. The van der Waals surface area contributed by atoms with Crippen LogP contribution in [0.2, 0.25) is 0 Å². The van der Waals surface area contributed by atoms with Crippen LogP contribution in [-0.4, -0.2) is 25.0 Å². The van der Waals surface area contributed by atoms with Gasteiger partial charge in [0.1, 0.15) is 5.75 Å². The average molecular weight is 413 g/mol. The third kappa shape index (κ3) is 4.08. The molecule has 0 aliphatic heterocycles. The molecule has 0 fully saturated rings. The van der Waals surface area contributed by atoms with Crippen molar-refractivity contribution in [3.8, 4) is 5.75 Å². The van der Waals surface area contributed by atoms with Gasteiger partial charge in [-0.25, -0.2) is 0 Å². The van der Waals surface area contributed by atoms with Crippen molar-refractivity contribution in [1.82, 2.24) is 4.90 Å². The summed E-state index contributed by atoms with van der Waals surface area (Å²) in [4.78, 5) is 14.2. The van der Waals surface area contributed by atoms with E-state index in [1.165, 1.54) is 0 Å². The van der Waals surface area contributed by atoms with Crippen LogP contribution < -0.4 is 4.74 Å². The van der Waals surface area contributed by atoms with Crippen molar-refractivity contribution in [2.45, 2.75) is 6.54 Å². The molecule has 0 saturated heterocycles. The molecule has 0 bridgehead atoms. The van der Waals surface area contributed by atoms with E-state index in [4.69, 9.17) is 4.74 Å². The molecule has 0 aliphatic carbocycles. The van der Waals surface area contributed by atoms with Crippen LogP contribution >= 0.6 is 31.9 Å². The number of amides is 1. The van der Waals surface area contributed by atoms with Crippen molar-refractivity contribution in [3.05, 3.63) is 62.5 Å². The third-order valence-electron chi connectivity index (χ3n) is 3.07. The Balaban J connectivity index is 2.17. The van der Waals surface area contributed by atoms with E-state index in [0.29, 0.717) is 17.9 Å². The zero-order valence-corrected chi connectivity index (χ0v) is 14.9. The van der Waals surface area contributed by atoms with Gasteiger partial charge >= 0.3 is 0 Å². The number of halogens is 2. The third-order valence-corrected chi connectivity index (χ3v) is 4.10. The Morgan fingerprint density at radius 1 is 1.10 bits per heavy atom. The Morgan fingerprint density at radius 2 is 1.71 bits per heavy atom. The molecule has 5 heteroatoms. The number of methoxy groups -OCH3 is 1. The van der Waals surface area contributed by atoms with Gasteiger partial charge in [0.2, 0.25) is 0 Å². The first-order valence-electron chi connectivity index (χ1n) is 6.34. The van der Waals surface area contributed by atoms with Crippen molar-refractivity contribution in [1.29, 1.82) is 0 Å². The van der Waals surface area contributed by atoms with Gasteiger partial charge in [-0.1, -0.05) is 44.0 Å². The second kappa shape index (κ2) is 7.09. The molecule has 3 nitrogen and oxygen atoms in total. The van der Waals surface area contributed by atoms with Gasteiger partial charge in [0.15, 0.2) is 0 Å². The van der Waals surface area contributed by atoms with E-state index in [1.54, 1.807) is 31.2 Å². The molecule has 0 spiro atoms. The number of carbonyl (C=O) groups is 1. The number of rotatable bonds is 4. The van der Waals surface area contributed by atoms with Gasteiger partial charge in [0.25, 0.3) is 5.91 Å². The molecule has 0 saturated carbocycles. The maximum Gasteiger partial charge on any atom is 0.257 e. The molecule has 2 aromatic carbocycles. The molecule has 2 rings (SSSR count). The number of ether oxygens (including phenoxy) is 1. The van der Waals surface area contributed by atoms with Crippen LogP contribution in [0.5, 0.6) is 5.75 Å². The van der Waals surface area contributed by atoms with Gasteiger partial charge < -0.3 is 9.64 Å². The number of carbonyl (C=O) groups excluding carboxylic acids is 1. The lowest BCUT2D eigenvalue weighted by atomic mass is 10.1. The highest BCUT2D eigenvalue weighted by Crippen LogP contribution is 2.25. The van der Waals surface area contributed by atoms with Crippen molar-refractivity contribution in [2.24, 2.45) is 0 Å². The van der Waals surface area contributed by atoms with Crippen LogP contribution in [0.15, 0.2) is 51.4 Å². The molecule has 0 atom stereocenters. The Labute approximate surface area is 141 Å². The van der Waals surface area contributed by atoms with E-state index in [0.717, 1.165) is 14.5 Å². The summed E-state index contributed by atoms with van der Waals surface area (Å²) in [5.41, 5.74) is 1.63. The van der Waals surface area contributed by atoms with E-state index in [9.17, 15) is 4.79 Å². The topological polar surface area (TPSA) is 29.5 Å². The highest BCUT2D eigenvalue weighted by molar-refractivity contribution is 9.10. The summed E-state index contributed by atoms with van der Waals surface area (Å²) >= 11 is 6.78. The summed E-state index contributed by atoms with van der Waals surface area (Å²) < 4.78 is 7.18. The molecular formula is C16H15Br2NO2. The summed E-state index contributed by atoms with van der Waals surface area (Å²) in [7, 11) is 3.35. The monoisotopic (exact) mass is 411 g/mol. The first-order valence-corrected chi connectivity index (χ1v) is 7.93. The van der Waals surface area contributed by atoms with E-state index in [1.807, 2.05) is 30.3 Å². The van der Waals surface area contributed by atoms with Crippen molar-refractivity contribution in [2.75, 3.05) is 14.2 Å². The minimum atomic E-state index is -0.0673. The molecule has 0 unspecified atom stereocenters. The highest BCUT2D eigenvalue weighted by Gasteiger charge is 2.17. The number of hydrogen-bond donors (Lipinski definition) is 0. The molecule has 0 N–H and O–H groups in total. The zero-order chi connectivity index (χ0) is 15.4. The standard InChI is InChI=1S/C16H15Br2NO2/c1-19(10-11-3-5-12(17)6-4-11)16(20)14-8-7-13(18)9-15(14)21-2/h3-9H,10H2,1-2H3. The molecule has 21 heavy (non-hydrogen) atoms. The van der Waals surface area contributed by atoms with Crippen LogP contribution in [0.25, 0.3) is 0 Å². The van der Waals surface area contributed by atoms with Crippen LogP contribution in [0, 0.1) is 0 Å². The molecule has 0 heterocycles.